The van der Waals surface area contributed by atoms with Gasteiger partial charge >= 0.3 is 0 Å². The number of alkyl halides is 1. The molecule has 1 aliphatic rings. The van der Waals surface area contributed by atoms with Gasteiger partial charge in [-0.1, -0.05) is 23.7 Å². The van der Waals surface area contributed by atoms with E-state index in [1.165, 1.54) is 5.56 Å². The average molecular weight is 244 g/mol. The van der Waals surface area contributed by atoms with Gasteiger partial charge < -0.3 is 0 Å². The number of hydrogen-bond donors (Lipinski definition) is 0. The van der Waals surface area contributed by atoms with Crippen molar-refractivity contribution in [2.45, 2.75) is 24.8 Å². The summed E-state index contributed by atoms with van der Waals surface area (Å²) in [4.78, 5) is 2.45. The van der Waals surface area contributed by atoms with Crippen molar-refractivity contribution in [2.75, 3.05) is 13.1 Å². The van der Waals surface area contributed by atoms with Gasteiger partial charge in [-0.3, -0.25) is 4.90 Å². The first-order chi connectivity index (χ1) is 7.24. The summed E-state index contributed by atoms with van der Waals surface area (Å²) in [5.74, 6) is 0. The monoisotopic (exact) mass is 243 g/mol. The minimum Gasteiger partial charge on any atom is -0.299 e. The largest absolute Gasteiger partial charge is 0.299 e. The normalized spacial score (nSPS) is 19.3. The smallest absolute Gasteiger partial charge is 0.0406 e. The van der Waals surface area contributed by atoms with E-state index in [0.29, 0.717) is 5.38 Å². The van der Waals surface area contributed by atoms with Crippen LogP contribution in [0.15, 0.2) is 24.3 Å². The lowest BCUT2D eigenvalue weighted by Gasteiger charge is -2.29. The Morgan fingerprint density at radius 1 is 1.13 bits per heavy atom. The van der Waals surface area contributed by atoms with Crippen LogP contribution in [0.5, 0.6) is 0 Å². The van der Waals surface area contributed by atoms with Crippen molar-refractivity contribution in [3.63, 3.8) is 0 Å². The maximum Gasteiger partial charge on any atom is 0.0406 e. The second-order valence-corrected chi connectivity index (χ2v) is 5.13. The number of hydrogen-bond acceptors (Lipinski definition) is 1. The molecule has 1 aliphatic heterocycles. The predicted molar refractivity (Wildman–Crippen MR) is 65.6 cm³/mol. The molecule has 0 N–H and O–H groups in total. The molecule has 1 fully saturated rings. The zero-order valence-electron chi connectivity index (χ0n) is 8.63. The molecule has 1 aromatic carbocycles. The molecule has 3 heteroatoms. The molecule has 1 heterocycles. The van der Waals surface area contributed by atoms with Crippen LogP contribution in [0.1, 0.15) is 18.4 Å². The van der Waals surface area contributed by atoms with Crippen LogP contribution in [-0.2, 0) is 6.54 Å². The second kappa shape index (κ2) is 5.20. The maximum atomic E-state index is 6.06. The molecular formula is C12H15Cl2N. The Morgan fingerprint density at radius 3 is 2.33 bits per heavy atom. The zero-order chi connectivity index (χ0) is 10.7. The zero-order valence-corrected chi connectivity index (χ0v) is 10.1. The van der Waals surface area contributed by atoms with Crippen molar-refractivity contribution in [1.29, 1.82) is 0 Å². The van der Waals surface area contributed by atoms with Crippen molar-refractivity contribution in [3.8, 4) is 0 Å². The van der Waals surface area contributed by atoms with E-state index in [-0.39, 0.29) is 0 Å². The molecule has 0 unspecified atom stereocenters. The van der Waals surface area contributed by atoms with E-state index in [1.807, 2.05) is 12.1 Å². The summed E-state index contributed by atoms with van der Waals surface area (Å²) in [6.07, 6.45) is 2.21. The van der Waals surface area contributed by atoms with Crippen molar-refractivity contribution in [1.82, 2.24) is 4.90 Å². The molecule has 82 valence electrons. The maximum absolute atomic E-state index is 6.06. The molecule has 1 aromatic rings. The highest BCUT2D eigenvalue weighted by Crippen LogP contribution is 2.18. The molecule has 0 aliphatic carbocycles. The predicted octanol–water partition coefficient (Wildman–Crippen LogP) is 3.54. The molecule has 0 atom stereocenters. The summed E-state index contributed by atoms with van der Waals surface area (Å²) in [7, 11) is 0. The molecule has 0 radical (unpaired) electrons. The van der Waals surface area contributed by atoms with Gasteiger partial charge in [0.15, 0.2) is 0 Å². The molecule has 1 nitrogen and oxygen atoms in total. The first kappa shape index (κ1) is 11.3. The van der Waals surface area contributed by atoms with E-state index in [1.54, 1.807) is 0 Å². The molecule has 0 aromatic heterocycles. The number of halogens is 2. The highest BCUT2D eigenvalue weighted by molar-refractivity contribution is 6.30. The first-order valence-electron chi connectivity index (χ1n) is 5.35. The van der Waals surface area contributed by atoms with Gasteiger partial charge in [0.1, 0.15) is 0 Å². The molecule has 0 amide bonds. The van der Waals surface area contributed by atoms with Gasteiger partial charge in [-0.15, -0.1) is 11.6 Å². The fourth-order valence-corrected chi connectivity index (χ4v) is 2.23. The molecule has 0 saturated carbocycles. The summed E-state index contributed by atoms with van der Waals surface area (Å²) in [6.45, 7) is 3.23. The van der Waals surface area contributed by atoms with Crippen LogP contribution in [0.3, 0.4) is 0 Å². The molecule has 0 bridgehead atoms. The van der Waals surface area contributed by atoms with Gasteiger partial charge in [0, 0.05) is 16.9 Å². The van der Waals surface area contributed by atoms with E-state index < -0.39 is 0 Å². The van der Waals surface area contributed by atoms with Crippen LogP contribution in [-0.4, -0.2) is 23.4 Å². The van der Waals surface area contributed by atoms with E-state index >= 15 is 0 Å². The van der Waals surface area contributed by atoms with E-state index in [9.17, 15) is 0 Å². The van der Waals surface area contributed by atoms with Crippen molar-refractivity contribution >= 4 is 23.2 Å². The van der Waals surface area contributed by atoms with Gasteiger partial charge in [0.25, 0.3) is 0 Å². The standard InChI is InChI=1S/C12H15Cl2N/c13-11-3-1-10(2-4-11)9-15-7-5-12(14)6-8-15/h1-4,12H,5-9H2. The van der Waals surface area contributed by atoms with Crippen LogP contribution in [0.25, 0.3) is 0 Å². The van der Waals surface area contributed by atoms with Gasteiger partial charge in [0.05, 0.1) is 0 Å². The Morgan fingerprint density at radius 2 is 1.73 bits per heavy atom. The Labute approximate surface area is 101 Å². The third kappa shape index (κ3) is 3.37. The average Bonchev–Trinajstić information content (AvgIpc) is 2.25. The topological polar surface area (TPSA) is 3.24 Å². The van der Waals surface area contributed by atoms with Gasteiger partial charge in [0.2, 0.25) is 0 Å². The fourth-order valence-electron chi connectivity index (χ4n) is 1.91. The lowest BCUT2D eigenvalue weighted by Crippen LogP contribution is -2.33. The first-order valence-corrected chi connectivity index (χ1v) is 6.16. The number of rotatable bonds is 2. The van der Waals surface area contributed by atoms with Crippen LogP contribution in [0.2, 0.25) is 5.02 Å². The summed E-state index contributed by atoms with van der Waals surface area (Å²) < 4.78 is 0. The Balaban J connectivity index is 1.89. The van der Waals surface area contributed by atoms with E-state index in [4.69, 9.17) is 23.2 Å². The van der Waals surface area contributed by atoms with Crippen molar-refractivity contribution in [3.05, 3.63) is 34.9 Å². The van der Waals surface area contributed by atoms with E-state index in [0.717, 1.165) is 37.5 Å². The highest BCUT2D eigenvalue weighted by atomic mass is 35.5. The van der Waals surface area contributed by atoms with Crippen LogP contribution >= 0.6 is 23.2 Å². The fraction of sp³-hybridized carbons (Fsp3) is 0.500. The van der Waals surface area contributed by atoms with E-state index in [2.05, 4.69) is 17.0 Å². The van der Waals surface area contributed by atoms with Gasteiger partial charge in [-0.25, -0.2) is 0 Å². The Bertz CT molecular complexity index is 302. The Kier molecular flexibility index (Phi) is 3.90. The molecule has 0 spiro atoms. The van der Waals surface area contributed by atoms with Gasteiger partial charge in [-0.2, -0.15) is 0 Å². The number of piperidine rings is 1. The third-order valence-electron chi connectivity index (χ3n) is 2.84. The molecule has 15 heavy (non-hydrogen) atoms. The summed E-state index contributed by atoms with van der Waals surface area (Å²) in [5.41, 5.74) is 1.33. The van der Waals surface area contributed by atoms with Crippen molar-refractivity contribution < 1.29 is 0 Å². The van der Waals surface area contributed by atoms with Crippen LogP contribution in [0.4, 0.5) is 0 Å². The summed E-state index contributed by atoms with van der Waals surface area (Å²) in [6, 6.07) is 8.08. The lowest BCUT2D eigenvalue weighted by molar-refractivity contribution is 0.223. The number of nitrogens with zero attached hydrogens (tertiary/aromatic N) is 1. The SMILES string of the molecule is Clc1ccc(CN2CCC(Cl)CC2)cc1. The minimum absolute atomic E-state index is 0.381. The third-order valence-corrected chi connectivity index (χ3v) is 3.52. The van der Waals surface area contributed by atoms with Crippen LogP contribution in [0, 0.1) is 0 Å². The summed E-state index contributed by atoms with van der Waals surface area (Å²) in [5, 5.41) is 1.18. The molecular weight excluding hydrogens is 229 g/mol. The quantitative estimate of drug-likeness (QED) is 0.719. The molecule has 1 saturated heterocycles. The lowest BCUT2D eigenvalue weighted by atomic mass is 10.1. The van der Waals surface area contributed by atoms with Crippen LogP contribution < -0.4 is 0 Å². The Hall–Kier alpha value is -0.240. The van der Waals surface area contributed by atoms with Crippen molar-refractivity contribution in [2.24, 2.45) is 0 Å². The number of likely N-dealkylation sites (tertiary alicyclic amines) is 1. The summed E-state index contributed by atoms with van der Waals surface area (Å²) >= 11 is 11.9. The number of benzene rings is 1. The highest BCUT2D eigenvalue weighted by Gasteiger charge is 2.16. The molecule has 2 rings (SSSR count). The minimum atomic E-state index is 0.381. The second-order valence-electron chi connectivity index (χ2n) is 4.08. The van der Waals surface area contributed by atoms with Gasteiger partial charge in [-0.05, 0) is 43.6 Å².